The highest BCUT2D eigenvalue weighted by Crippen LogP contribution is 2.20. The fraction of sp³-hybridized carbons (Fsp3) is 0. The van der Waals surface area contributed by atoms with Crippen LogP contribution in [-0.2, 0) is 0 Å². The molecule has 4 nitrogen and oxygen atoms in total. The third-order valence-electron chi connectivity index (χ3n) is 3.92. The number of hydrogen-bond donors (Lipinski definition) is 2. The highest BCUT2D eigenvalue weighted by atomic mass is 16.3. The summed E-state index contributed by atoms with van der Waals surface area (Å²) >= 11 is 0. The van der Waals surface area contributed by atoms with Gasteiger partial charge in [-0.2, -0.15) is 0 Å². The van der Waals surface area contributed by atoms with Crippen molar-refractivity contribution in [3.8, 4) is 0 Å². The first-order chi connectivity index (χ1) is 11.3. The molecule has 0 spiro atoms. The number of aromatic nitrogens is 3. The van der Waals surface area contributed by atoms with Crippen LogP contribution in [0.5, 0.6) is 0 Å². The van der Waals surface area contributed by atoms with Gasteiger partial charge >= 0.3 is 0 Å². The number of fused-ring (bicyclic) bond motifs is 9. The first-order valence-electron chi connectivity index (χ1n) is 7.48. The predicted octanol–water partition coefficient (Wildman–Crippen LogP) is 4.96. The average molecular weight is 299 g/mol. The van der Waals surface area contributed by atoms with Crippen molar-refractivity contribution in [3.05, 3.63) is 66.0 Å². The molecule has 1 aliphatic heterocycles. The van der Waals surface area contributed by atoms with Crippen LogP contribution in [0.25, 0.3) is 45.4 Å². The first-order valence-corrected chi connectivity index (χ1v) is 7.48. The van der Waals surface area contributed by atoms with E-state index in [2.05, 4.69) is 33.2 Å². The molecule has 5 rings (SSSR count). The first kappa shape index (κ1) is 12.3. The number of nitrogens with one attached hydrogen (secondary N) is 2. The second-order valence-electron chi connectivity index (χ2n) is 5.63. The van der Waals surface area contributed by atoms with Crippen molar-refractivity contribution >= 4 is 45.4 Å². The summed E-state index contributed by atoms with van der Waals surface area (Å²) in [6, 6.07) is 18.2. The highest BCUT2D eigenvalue weighted by molar-refractivity contribution is 5.80. The zero-order chi connectivity index (χ0) is 15.2. The molecule has 4 aromatic rings. The summed E-state index contributed by atoms with van der Waals surface area (Å²) in [7, 11) is 0. The minimum atomic E-state index is 0.774. The van der Waals surface area contributed by atoms with Crippen LogP contribution in [0.4, 0.5) is 0 Å². The van der Waals surface area contributed by atoms with Gasteiger partial charge in [0.25, 0.3) is 0 Å². The van der Waals surface area contributed by atoms with Crippen molar-refractivity contribution in [2.24, 2.45) is 0 Å². The van der Waals surface area contributed by atoms with Crippen LogP contribution in [0.3, 0.4) is 0 Å². The number of hydrogen-bond acceptors (Lipinski definition) is 2. The van der Waals surface area contributed by atoms with Gasteiger partial charge in [-0.15, -0.1) is 0 Å². The summed E-state index contributed by atoms with van der Waals surface area (Å²) in [5.74, 6) is 0. The lowest BCUT2D eigenvalue weighted by Crippen LogP contribution is -1.73. The normalized spacial score (nSPS) is 12.2. The Kier molecular flexibility index (Phi) is 2.46. The molecule has 0 fully saturated rings. The van der Waals surface area contributed by atoms with Crippen molar-refractivity contribution in [2.45, 2.75) is 0 Å². The fourth-order valence-corrected chi connectivity index (χ4v) is 2.84. The van der Waals surface area contributed by atoms with Crippen molar-refractivity contribution < 1.29 is 4.42 Å². The second kappa shape index (κ2) is 4.61. The SMILES string of the molecule is C1=Cc2nc1cc1ccc(cc3ccc(cc4ccc2o4)[nH]3)[nH]1. The Hall–Kier alpha value is -3.27. The quantitative estimate of drug-likeness (QED) is 0.424. The van der Waals surface area contributed by atoms with E-state index >= 15 is 0 Å². The van der Waals surface area contributed by atoms with Gasteiger partial charge in [0.15, 0.2) is 5.58 Å². The number of nitrogens with zero attached hydrogens (tertiary/aromatic N) is 1. The molecule has 110 valence electrons. The zero-order valence-electron chi connectivity index (χ0n) is 12.2. The monoisotopic (exact) mass is 299 g/mol. The number of H-pyrrole nitrogens is 2. The third-order valence-corrected chi connectivity index (χ3v) is 3.92. The highest BCUT2D eigenvalue weighted by Gasteiger charge is 2.03. The van der Waals surface area contributed by atoms with Gasteiger partial charge < -0.3 is 14.4 Å². The van der Waals surface area contributed by atoms with Crippen molar-refractivity contribution in [2.75, 3.05) is 0 Å². The maximum atomic E-state index is 5.88. The summed E-state index contributed by atoms with van der Waals surface area (Å²) in [6.45, 7) is 0. The van der Waals surface area contributed by atoms with Crippen LogP contribution in [0.15, 0.2) is 59.0 Å². The number of furan rings is 1. The number of rotatable bonds is 0. The van der Waals surface area contributed by atoms with Gasteiger partial charge in [0.2, 0.25) is 0 Å². The lowest BCUT2D eigenvalue weighted by atomic mass is 10.3. The van der Waals surface area contributed by atoms with Crippen LogP contribution in [-0.4, -0.2) is 15.0 Å². The van der Waals surface area contributed by atoms with E-state index in [0.717, 1.165) is 44.6 Å². The Bertz CT molecular complexity index is 1170. The van der Waals surface area contributed by atoms with Crippen LogP contribution < -0.4 is 0 Å². The molecule has 8 bridgehead atoms. The molecule has 0 amide bonds. The molecule has 0 radical (unpaired) electrons. The van der Waals surface area contributed by atoms with Crippen molar-refractivity contribution in [1.29, 1.82) is 0 Å². The Morgan fingerprint density at radius 1 is 0.696 bits per heavy atom. The Morgan fingerprint density at radius 2 is 1.39 bits per heavy atom. The van der Waals surface area contributed by atoms with E-state index in [4.69, 9.17) is 4.42 Å². The van der Waals surface area contributed by atoms with E-state index in [1.807, 2.05) is 48.6 Å². The van der Waals surface area contributed by atoms with Gasteiger partial charge in [-0.1, -0.05) is 0 Å². The lowest BCUT2D eigenvalue weighted by Gasteiger charge is -1.84. The topological polar surface area (TPSA) is 57.6 Å². The third kappa shape index (κ3) is 2.21. The number of aromatic amines is 2. The Labute approximate surface area is 131 Å². The van der Waals surface area contributed by atoms with Gasteiger partial charge in [0.05, 0.1) is 5.69 Å². The van der Waals surface area contributed by atoms with Gasteiger partial charge in [0.1, 0.15) is 11.3 Å². The second-order valence-corrected chi connectivity index (χ2v) is 5.63. The van der Waals surface area contributed by atoms with Crippen molar-refractivity contribution in [3.63, 3.8) is 0 Å². The maximum Gasteiger partial charge on any atom is 0.153 e. The molecule has 2 N–H and O–H groups in total. The summed E-state index contributed by atoms with van der Waals surface area (Å²) in [6.07, 6.45) is 3.97. The predicted molar refractivity (Wildman–Crippen MR) is 93.1 cm³/mol. The molecule has 0 aromatic carbocycles. The van der Waals surface area contributed by atoms with Gasteiger partial charge in [-0.05, 0) is 60.7 Å². The average Bonchev–Trinajstić information content (AvgIpc) is 3.28. The summed E-state index contributed by atoms with van der Waals surface area (Å²) in [5, 5.41) is 0. The Morgan fingerprint density at radius 3 is 2.17 bits per heavy atom. The fourth-order valence-electron chi connectivity index (χ4n) is 2.84. The van der Waals surface area contributed by atoms with E-state index in [9.17, 15) is 0 Å². The van der Waals surface area contributed by atoms with Crippen LogP contribution in [0, 0.1) is 0 Å². The molecule has 1 aliphatic rings. The maximum absolute atomic E-state index is 5.88. The molecular formula is C19H13N3O. The summed E-state index contributed by atoms with van der Waals surface area (Å²) in [4.78, 5) is 11.4. The molecule has 0 aliphatic carbocycles. The van der Waals surface area contributed by atoms with E-state index in [1.54, 1.807) is 0 Å². The van der Waals surface area contributed by atoms with Gasteiger partial charge in [-0.3, -0.25) is 0 Å². The zero-order valence-corrected chi connectivity index (χ0v) is 12.2. The van der Waals surface area contributed by atoms with Gasteiger partial charge in [0, 0.05) is 28.1 Å². The molecule has 4 heteroatoms. The van der Waals surface area contributed by atoms with Crippen LogP contribution in [0.2, 0.25) is 0 Å². The summed E-state index contributed by atoms with van der Waals surface area (Å²) in [5.41, 5.74) is 7.44. The standard InChI is InChI=1S/C19H13N3O/c1-2-14-10-15-5-7-18(22-15)19-8-6-17(23-19)11-16-4-3-13(21-16)9-12(1)20-14/h1-11,20-21H. The molecule has 0 saturated carbocycles. The van der Waals surface area contributed by atoms with Crippen LogP contribution >= 0.6 is 0 Å². The van der Waals surface area contributed by atoms with E-state index in [-0.39, 0.29) is 0 Å². The van der Waals surface area contributed by atoms with Crippen LogP contribution in [0.1, 0.15) is 11.4 Å². The minimum absolute atomic E-state index is 0.774. The van der Waals surface area contributed by atoms with Crippen molar-refractivity contribution in [1.82, 2.24) is 15.0 Å². The summed E-state index contributed by atoms with van der Waals surface area (Å²) < 4.78 is 5.88. The lowest BCUT2D eigenvalue weighted by molar-refractivity contribution is 0.663. The molecule has 0 atom stereocenters. The Balaban J connectivity index is 1.93. The molecule has 0 saturated heterocycles. The molecule has 23 heavy (non-hydrogen) atoms. The van der Waals surface area contributed by atoms with E-state index < -0.39 is 0 Å². The smallest absolute Gasteiger partial charge is 0.153 e. The van der Waals surface area contributed by atoms with E-state index in [0.29, 0.717) is 0 Å². The minimum Gasteiger partial charge on any atom is -0.455 e. The largest absolute Gasteiger partial charge is 0.455 e. The molecule has 5 heterocycles. The van der Waals surface area contributed by atoms with Gasteiger partial charge in [-0.25, -0.2) is 4.98 Å². The molecule has 0 unspecified atom stereocenters. The molecular weight excluding hydrogens is 286 g/mol. The van der Waals surface area contributed by atoms with E-state index in [1.165, 1.54) is 0 Å². The molecule has 4 aromatic heterocycles.